The molecule has 122 valence electrons. The molecule has 3 rings (SSSR count). The first-order valence-electron chi connectivity index (χ1n) is 7.53. The molecular weight excluding hydrogens is 312 g/mol. The Bertz CT molecular complexity index is 674. The van der Waals surface area contributed by atoms with Crippen molar-refractivity contribution in [3.63, 3.8) is 0 Å². The topological polar surface area (TPSA) is 46.6 Å². The molecule has 1 aromatic carbocycles. The van der Waals surface area contributed by atoms with Crippen molar-refractivity contribution >= 4 is 15.7 Å². The predicted molar refractivity (Wildman–Crippen MR) is 79.3 cm³/mol. The molecule has 0 N–H and O–H groups in total. The molecule has 1 atom stereocenters. The summed E-state index contributed by atoms with van der Waals surface area (Å²) in [4.78, 5) is 0. The number of halogens is 2. The van der Waals surface area contributed by atoms with Gasteiger partial charge in [0.25, 0.3) is 0 Å². The van der Waals surface area contributed by atoms with Crippen molar-refractivity contribution in [2.45, 2.75) is 32.3 Å². The highest BCUT2D eigenvalue weighted by Crippen LogP contribution is 2.38. The minimum atomic E-state index is -3.74. The van der Waals surface area contributed by atoms with Gasteiger partial charge >= 0.3 is 0 Å². The van der Waals surface area contributed by atoms with Crippen LogP contribution in [0.3, 0.4) is 0 Å². The van der Waals surface area contributed by atoms with Crippen molar-refractivity contribution in [3.8, 4) is 0 Å². The monoisotopic (exact) mass is 331 g/mol. The van der Waals surface area contributed by atoms with Gasteiger partial charge in [-0.05, 0) is 43.7 Å². The summed E-state index contributed by atoms with van der Waals surface area (Å²) in [5.74, 6) is -2.03. The van der Waals surface area contributed by atoms with Crippen molar-refractivity contribution < 1.29 is 21.9 Å². The molecule has 0 spiro atoms. The summed E-state index contributed by atoms with van der Waals surface area (Å²) in [5.41, 5.74) is 0.396. The van der Waals surface area contributed by atoms with Gasteiger partial charge in [-0.3, -0.25) is 4.31 Å². The smallest absolute Gasteiger partial charge is 0.237 e. The first-order valence-corrected chi connectivity index (χ1v) is 9.14. The van der Waals surface area contributed by atoms with Gasteiger partial charge in [0.1, 0.15) is 0 Å². The van der Waals surface area contributed by atoms with E-state index in [-0.39, 0.29) is 30.0 Å². The van der Waals surface area contributed by atoms with Crippen LogP contribution >= 0.6 is 0 Å². The van der Waals surface area contributed by atoms with Crippen LogP contribution in [-0.2, 0) is 21.2 Å². The van der Waals surface area contributed by atoms with Crippen LogP contribution in [0, 0.1) is 17.6 Å². The number of ether oxygens (including phenoxy) is 1. The minimum absolute atomic E-state index is 0.133. The number of sulfonamides is 1. The SMILES string of the molecule is CCOC(CS(=O)(=O)N1CCc2ccc(F)c(F)c21)C1CC1. The maximum absolute atomic E-state index is 14.0. The van der Waals surface area contributed by atoms with Crippen molar-refractivity contribution in [3.05, 3.63) is 29.3 Å². The summed E-state index contributed by atoms with van der Waals surface area (Å²) < 4.78 is 59.3. The molecule has 1 heterocycles. The Balaban J connectivity index is 1.87. The molecular formula is C15H19F2NO3S. The molecule has 0 amide bonds. The highest BCUT2D eigenvalue weighted by Gasteiger charge is 2.39. The lowest BCUT2D eigenvalue weighted by molar-refractivity contribution is 0.0631. The number of benzene rings is 1. The highest BCUT2D eigenvalue weighted by atomic mass is 32.2. The number of rotatable bonds is 6. The van der Waals surface area contributed by atoms with Gasteiger partial charge in [0.15, 0.2) is 11.6 Å². The van der Waals surface area contributed by atoms with Crippen molar-refractivity contribution in [2.24, 2.45) is 5.92 Å². The van der Waals surface area contributed by atoms with E-state index in [4.69, 9.17) is 4.74 Å². The van der Waals surface area contributed by atoms with Crippen LogP contribution in [0.5, 0.6) is 0 Å². The van der Waals surface area contributed by atoms with E-state index in [0.717, 1.165) is 23.2 Å². The molecule has 4 nitrogen and oxygen atoms in total. The summed E-state index contributed by atoms with van der Waals surface area (Å²) in [7, 11) is -3.74. The largest absolute Gasteiger partial charge is 0.377 e. The van der Waals surface area contributed by atoms with E-state index >= 15 is 0 Å². The maximum atomic E-state index is 14.0. The fourth-order valence-corrected chi connectivity index (χ4v) is 4.77. The molecule has 7 heteroatoms. The van der Waals surface area contributed by atoms with Crippen molar-refractivity contribution in [1.29, 1.82) is 0 Å². The summed E-state index contributed by atoms with van der Waals surface area (Å²) in [5, 5.41) is 0. The third-order valence-electron chi connectivity index (χ3n) is 4.23. The number of hydrogen-bond donors (Lipinski definition) is 0. The van der Waals surface area contributed by atoms with Crippen LogP contribution in [0.2, 0.25) is 0 Å². The average molecular weight is 331 g/mol. The van der Waals surface area contributed by atoms with Crippen LogP contribution in [0.15, 0.2) is 12.1 Å². The van der Waals surface area contributed by atoms with Crippen LogP contribution in [0.25, 0.3) is 0 Å². The lowest BCUT2D eigenvalue weighted by Crippen LogP contribution is -2.38. The molecule has 1 aliphatic carbocycles. The number of anilines is 1. The van der Waals surface area contributed by atoms with E-state index in [9.17, 15) is 17.2 Å². The summed E-state index contributed by atoms with van der Waals surface area (Å²) in [6, 6.07) is 2.49. The number of nitrogens with zero attached hydrogens (tertiary/aromatic N) is 1. The normalized spacial score (nSPS) is 19.3. The summed E-state index contributed by atoms with van der Waals surface area (Å²) in [6.07, 6.45) is 1.95. The second kappa shape index (κ2) is 5.77. The standard InChI is InChI=1S/C15H19F2NO3S/c1-2-21-13(10-3-4-10)9-22(19,20)18-8-7-11-5-6-12(16)14(17)15(11)18/h5-6,10,13H,2-4,7-9H2,1H3. The Kier molecular flexibility index (Phi) is 4.11. The van der Waals surface area contributed by atoms with Gasteiger partial charge < -0.3 is 4.74 Å². The predicted octanol–water partition coefficient (Wildman–Crippen LogP) is 2.47. The van der Waals surface area contributed by atoms with E-state index < -0.39 is 21.7 Å². The van der Waals surface area contributed by atoms with E-state index in [1.807, 2.05) is 6.92 Å². The highest BCUT2D eigenvalue weighted by molar-refractivity contribution is 7.92. The quantitative estimate of drug-likeness (QED) is 0.804. The lowest BCUT2D eigenvalue weighted by Gasteiger charge is -2.24. The van der Waals surface area contributed by atoms with Gasteiger partial charge in [-0.2, -0.15) is 0 Å². The van der Waals surface area contributed by atoms with Gasteiger partial charge in [0.05, 0.1) is 17.5 Å². The molecule has 22 heavy (non-hydrogen) atoms. The van der Waals surface area contributed by atoms with E-state index in [2.05, 4.69) is 0 Å². The summed E-state index contributed by atoms with van der Waals surface area (Å²) >= 11 is 0. The van der Waals surface area contributed by atoms with Crippen LogP contribution < -0.4 is 4.31 Å². The third-order valence-corrected chi connectivity index (χ3v) is 6.01. The fourth-order valence-electron chi connectivity index (χ4n) is 2.96. The summed E-state index contributed by atoms with van der Waals surface area (Å²) in [6.45, 7) is 2.42. The number of hydrogen-bond acceptors (Lipinski definition) is 3. The molecule has 0 aromatic heterocycles. The van der Waals surface area contributed by atoms with E-state index in [0.29, 0.717) is 18.6 Å². The Morgan fingerprint density at radius 2 is 2.09 bits per heavy atom. The van der Waals surface area contributed by atoms with Crippen LogP contribution in [-0.4, -0.2) is 33.4 Å². The van der Waals surface area contributed by atoms with Gasteiger partial charge in [0, 0.05) is 13.2 Å². The van der Waals surface area contributed by atoms with E-state index in [1.54, 1.807) is 0 Å². The zero-order valence-electron chi connectivity index (χ0n) is 12.4. The molecule has 0 radical (unpaired) electrons. The van der Waals surface area contributed by atoms with E-state index in [1.165, 1.54) is 6.07 Å². The van der Waals surface area contributed by atoms with Crippen molar-refractivity contribution in [2.75, 3.05) is 23.2 Å². The van der Waals surface area contributed by atoms with Gasteiger partial charge in [-0.1, -0.05) is 6.07 Å². The second-order valence-corrected chi connectivity index (χ2v) is 7.74. The van der Waals surface area contributed by atoms with Gasteiger partial charge in [-0.15, -0.1) is 0 Å². The Morgan fingerprint density at radius 1 is 1.36 bits per heavy atom. The zero-order chi connectivity index (χ0) is 15.9. The maximum Gasteiger partial charge on any atom is 0.237 e. The Hall–Kier alpha value is -1.21. The Labute approximate surface area is 129 Å². The molecule has 1 aliphatic heterocycles. The molecule has 1 saturated carbocycles. The third kappa shape index (κ3) is 2.84. The first kappa shape index (κ1) is 15.7. The average Bonchev–Trinajstić information content (AvgIpc) is 3.21. The van der Waals surface area contributed by atoms with Crippen LogP contribution in [0.1, 0.15) is 25.3 Å². The molecule has 0 bridgehead atoms. The zero-order valence-corrected chi connectivity index (χ0v) is 13.2. The fraction of sp³-hybridized carbons (Fsp3) is 0.600. The van der Waals surface area contributed by atoms with Gasteiger partial charge in [0.2, 0.25) is 10.0 Å². The molecule has 0 saturated heterocycles. The van der Waals surface area contributed by atoms with Gasteiger partial charge in [-0.25, -0.2) is 17.2 Å². The molecule has 1 unspecified atom stereocenters. The van der Waals surface area contributed by atoms with Crippen LogP contribution in [0.4, 0.5) is 14.5 Å². The second-order valence-electron chi connectivity index (χ2n) is 5.80. The minimum Gasteiger partial charge on any atom is -0.377 e. The van der Waals surface area contributed by atoms with Crippen molar-refractivity contribution in [1.82, 2.24) is 0 Å². The molecule has 1 aromatic rings. The lowest BCUT2D eigenvalue weighted by atomic mass is 10.1. The first-order chi connectivity index (χ1) is 10.4. The number of fused-ring (bicyclic) bond motifs is 1. The molecule has 1 fully saturated rings. The molecule has 2 aliphatic rings. The Morgan fingerprint density at radius 3 is 2.73 bits per heavy atom.